The van der Waals surface area contributed by atoms with Gasteiger partial charge in [-0.2, -0.15) is 0 Å². The Morgan fingerprint density at radius 2 is 2.30 bits per heavy atom. The fourth-order valence-electron chi connectivity index (χ4n) is 1.98. The molecule has 0 unspecified atom stereocenters. The molecule has 2 heteroatoms. The maximum atomic E-state index is 8.88. The number of hydrogen-bond acceptors (Lipinski definition) is 2. The van der Waals surface area contributed by atoms with Gasteiger partial charge in [-0.25, -0.2) is 0 Å². The molecular weight excluding hydrogens is 128 g/mol. The number of aliphatic hydroxyl groups excluding tert-OH is 1. The van der Waals surface area contributed by atoms with Crippen LogP contribution in [0.2, 0.25) is 0 Å². The zero-order chi connectivity index (χ0) is 7.24. The smallest absolute Gasteiger partial charge is 0.0943 e. The van der Waals surface area contributed by atoms with E-state index in [9.17, 15) is 0 Å². The fourth-order valence-corrected chi connectivity index (χ4v) is 1.98. The first-order chi connectivity index (χ1) is 4.74. The molecule has 1 aliphatic carbocycles. The number of hydrogen-bond donors (Lipinski definition) is 1. The summed E-state index contributed by atoms with van der Waals surface area (Å²) >= 11 is 0. The molecule has 3 fully saturated rings. The number of aliphatic hydroxyl groups is 1. The predicted molar refractivity (Wildman–Crippen MR) is 36.3 cm³/mol. The first-order valence-corrected chi connectivity index (χ1v) is 3.47. The summed E-state index contributed by atoms with van der Waals surface area (Å²) < 4.78 is 5.37. The molecule has 0 spiro atoms. The van der Waals surface area contributed by atoms with Gasteiger partial charge < -0.3 is 9.84 Å². The Bertz CT molecular complexity index is 196. The SMILES string of the molecule is C#CC12COC(CO)(C1)C2. The van der Waals surface area contributed by atoms with Gasteiger partial charge in [0.25, 0.3) is 0 Å². The van der Waals surface area contributed by atoms with Crippen molar-refractivity contribution in [2.45, 2.75) is 18.4 Å². The highest BCUT2D eigenvalue weighted by atomic mass is 16.5. The minimum atomic E-state index is -0.244. The monoisotopic (exact) mass is 138 g/mol. The Kier molecular flexibility index (Phi) is 0.964. The Morgan fingerprint density at radius 3 is 2.60 bits per heavy atom. The van der Waals surface area contributed by atoms with Crippen LogP contribution < -0.4 is 0 Å². The summed E-state index contributed by atoms with van der Waals surface area (Å²) in [6.45, 7) is 0.764. The van der Waals surface area contributed by atoms with Gasteiger partial charge in [0.2, 0.25) is 0 Å². The van der Waals surface area contributed by atoms with E-state index in [2.05, 4.69) is 5.92 Å². The number of fused-ring (bicyclic) bond motifs is 1. The molecule has 1 N–H and O–H groups in total. The van der Waals surface area contributed by atoms with Crippen molar-refractivity contribution in [1.29, 1.82) is 0 Å². The van der Waals surface area contributed by atoms with Gasteiger partial charge in [-0.1, -0.05) is 5.92 Å². The van der Waals surface area contributed by atoms with E-state index < -0.39 is 0 Å². The van der Waals surface area contributed by atoms with Gasteiger partial charge in [-0.05, 0) is 12.8 Å². The third-order valence-corrected chi connectivity index (χ3v) is 2.57. The lowest BCUT2D eigenvalue weighted by atomic mass is 9.63. The molecule has 3 aliphatic rings. The summed E-state index contributed by atoms with van der Waals surface area (Å²) in [4.78, 5) is 0. The van der Waals surface area contributed by atoms with Gasteiger partial charge in [0, 0.05) is 0 Å². The number of ether oxygens (including phenoxy) is 1. The molecule has 2 saturated heterocycles. The molecule has 54 valence electrons. The van der Waals surface area contributed by atoms with E-state index in [0.29, 0.717) is 6.61 Å². The third kappa shape index (κ3) is 0.524. The van der Waals surface area contributed by atoms with Crippen LogP contribution in [0.5, 0.6) is 0 Å². The summed E-state index contributed by atoms with van der Waals surface area (Å²) in [5.41, 5.74) is -0.255. The molecule has 2 aliphatic heterocycles. The van der Waals surface area contributed by atoms with Gasteiger partial charge in [-0.15, -0.1) is 6.42 Å². The molecule has 0 aromatic rings. The van der Waals surface area contributed by atoms with Crippen molar-refractivity contribution in [3.05, 3.63) is 0 Å². The van der Waals surface area contributed by atoms with Crippen LogP contribution >= 0.6 is 0 Å². The summed E-state index contributed by atoms with van der Waals surface area (Å²) in [5.74, 6) is 2.73. The first-order valence-electron chi connectivity index (χ1n) is 3.47. The summed E-state index contributed by atoms with van der Waals surface area (Å²) in [5, 5.41) is 8.88. The van der Waals surface area contributed by atoms with E-state index in [-0.39, 0.29) is 17.6 Å². The molecule has 0 aromatic heterocycles. The lowest BCUT2D eigenvalue weighted by molar-refractivity contribution is -0.0503. The van der Waals surface area contributed by atoms with E-state index >= 15 is 0 Å². The lowest BCUT2D eigenvalue weighted by Crippen LogP contribution is -2.46. The van der Waals surface area contributed by atoms with Gasteiger partial charge in [0.15, 0.2) is 0 Å². The van der Waals surface area contributed by atoms with E-state index in [0.717, 1.165) is 12.8 Å². The van der Waals surface area contributed by atoms with Crippen LogP contribution in [-0.2, 0) is 4.74 Å². The summed E-state index contributed by atoms with van der Waals surface area (Å²) in [6.07, 6.45) is 7.02. The molecule has 1 saturated carbocycles. The topological polar surface area (TPSA) is 29.5 Å². The zero-order valence-corrected chi connectivity index (χ0v) is 5.76. The van der Waals surface area contributed by atoms with Crippen LogP contribution in [0.1, 0.15) is 12.8 Å². The van der Waals surface area contributed by atoms with Crippen LogP contribution in [0, 0.1) is 17.8 Å². The van der Waals surface area contributed by atoms with Crippen LogP contribution in [0.4, 0.5) is 0 Å². The minimum Gasteiger partial charge on any atom is -0.393 e. The molecule has 10 heavy (non-hydrogen) atoms. The molecule has 0 aromatic carbocycles. The van der Waals surface area contributed by atoms with Crippen LogP contribution in [0.3, 0.4) is 0 Å². The highest BCUT2D eigenvalue weighted by Crippen LogP contribution is 2.56. The first kappa shape index (κ1) is 6.21. The maximum Gasteiger partial charge on any atom is 0.0943 e. The molecule has 2 bridgehead atoms. The Labute approximate surface area is 60.2 Å². The Morgan fingerprint density at radius 1 is 1.60 bits per heavy atom. The largest absolute Gasteiger partial charge is 0.393 e. The van der Waals surface area contributed by atoms with Crippen LogP contribution in [0.15, 0.2) is 0 Å². The second kappa shape index (κ2) is 1.55. The highest BCUT2D eigenvalue weighted by Gasteiger charge is 2.61. The normalized spacial score (nSPS) is 50.0. The van der Waals surface area contributed by atoms with Crippen molar-refractivity contribution in [3.8, 4) is 12.3 Å². The highest BCUT2D eigenvalue weighted by molar-refractivity contribution is 5.23. The quantitative estimate of drug-likeness (QED) is 0.523. The van der Waals surface area contributed by atoms with Crippen LogP contribution in [0.25, 0.3) is 0 Å². The standard InChI is InChI=1S/C8H10O2/c1-2-7-3-8(4-7,5-9)10-6-7/h1,9H,3-6H2. The molecule has 2 heterocycles. The molecule has 3 rings (SSSR count). The molecule has 2 nitrogen and oxygen atoms in total. The molecule has 0 atom stereocenters. The van der Waals surface area contributed by atoms with Gasteiger partial charge in [0.1, 0.15) is 0 Å². The lowest BCUT2D eigenvalue weighted by Gasteiger charge is -2.39. The number of terminal acetylenes is 1. The summed E-state index contributed by atoms with van der Waals surface area (Å²) in [7, 11) is 0. The van der Waals surface area contributed by atoms with Crippen molar-refractivity contribution in [2.24, 2.45) is 5.41 Å². The van der Waals surface area contributed by atoms with Crippen molar-refractivity contribution in [3.63, 3.8) is 0 Å². The van der Waals surface area contributed by atoms with Crippen molar-refractivity contribution in [1.82, 2.24) is 0 Å². The maximum absolute atomic E-state index is 8.88. The van der Waals surface area contributed by atoms with Crippen molar-refractivity contribution in [2.75, 3.05) is 13.2 Å². The van der Waals surface area contributed by atoms with Gasteiger partial charge >= 0.3 is 0 Å². The molecular formula is C8H10O2. The van der Waals surface area contributed by atoms with E-state index in [1.165, 1.54) is 0 Å². The number of rotatable bonds is 1. The Balaban J connectivity index is 2.15. The average Bonchev–Trinajstić information content (AvgIpc) is 2.40. The van der Waals surface area contributed by atoms with E-state index in [1.807, 2.05) is 0 Å². The average molecular weight is 138 g/mol. The Hall–Kier alpha value is -0.520. The second-order valence-corrected chi connectivity index (χ2v) is 3.41. The van der Waals surface area contributed by atoms with Crippen molar-refractivity contribution < 1.29 is 9.84 Å². The van der Waals surface area contributed by atoms with Crippen molar-refractivity contribution >= 4 is 0 Å². The van der Waals surface area contributed by atoms with E-state index in [4.69, 9.17) is 16.3 Å². The fraction of sp³-hybridized carbons (Fsp3) is 0.750. The van der Waals surface area contributed by atoms with Gasteiger partial charge in [-0.3, -0.25) is 0 Å². The second-order valence-electron chi connectivity index (χ2n) is 3.41. The third-order valence-electron chi connectivity index (χ3n) is 2.57. The molecule has 0 radical (unpaired) electrons. The van der Waals surface area contributed by atoms with E-state index in [1.54, 1.807) is 0 Å². The predicted octanol–water partition coefficient (Wildman–Crippen LogP) is 0.161. The summed E-state index contributed by atoms with van der Waals surface area (Å²) in [6, 6.07) is 0. The van der Waals surface area contributed by atoms with Crippen LogP contribution in [-0.4, -0.2) is 23.9 Å². The minimum absolute atomic E-state index is 0.0112. The zero-order valence-electron chi connectivity index (χ0n) is 5.76. The van der Waals surface area contributed by atoms with Gasteiger partial charge in [0.05, 0.1) is 24.2 Å². The molecule has 0 amide bonds.